The van der Waals surface area contributed by atoms with Crippen molar-refractivity contribution in [1.29, 1.82) is 0 Å². The van der Waals surface area contributed by atoms with E-state index in [1.807, 2.05) is 25.9 Å². The molecule has 0 unspecified atom stereocenters. The summed E-state index contributed by atoms with van der Waals surface area (Å²) < 4.78 is 0. The predicted octanol–water partition coefficient (Wildman–Crippen LogP) is 0.481. The Kier molecular flexibility index (Phi) is 3.02. The molecule has 0 amide bonds. The van der Waals surface area contributed by atoms with Gasteiger partial charge in [-0.25, -0.2) is 4.98 Å². The highest BCUT2D eigenvalue weighted by atomic mass is 32.1. The highest BCUT2D eigenvalue weighted by molar-refractivity contribution is 7.15. The third-order valence-electron chi connectivity index (χ3n) is 1.53. The van der Waals surface area contributed by atoms with Crippen LogP contribution in [0.3, 0.4) is 0 Å². The van der Waals surface area contributed by atoms with Crippen molar-refractivity contribution in [2.75, 3.05) is 19.0 Å². The first kappa shape index (κ1) is 9.44. The maximum atomic E-state index is 5.23. The summed E-state index contributed by atoms with van der Waals surface area (Å²) in [5, 5.41) is 1.03. The van der Waals surface area contributed by atoms with Crippen LogP contribution >= 0.6 is 11.3 Å². The molecule has 12 heavy (non-hydrogen) atoms. The van der Waals surface area contributed by atoms with Crippen LogP contribution < -0.4 is 16.2 Å². The van der Waals surface area contributed by atoms with Gasteiger partial charge < -0.3 is 4.90 Å². The van der Waals surface area contributed by atoms with Crippen molar-refractivity contribution in [3.05, 3.63) is 10.6 Å². The first-order valence-corrected chi connectivity index (χ1v) is 4.54. The number of hydrogen-bond acceptors (Lipinski definition) is 5. The van der Waals surface area contributed by atoms with Crippen molar-refractivity contribution in [3.63, 3.8) is 0 Å². The van der Waals surface area contributed by atoms with E-state index in [4.69, 9.17) is 5.84 Å². The molecule has 1 heterocycles. The summed E-state index contributed by atoms with van der Waals surface area (Å²) in [7, 11) is 3.97. The van der Waals surface area contributed by atoms with Gasteiger partial charge in [-0.2, -0.15) is 0 Å². The van der Waals surface area contributed by atoms with Crippen molar-refractivity contribution in [3.8, 4) is 0 Å². The highest BCUT2D eigenvalue weighted by Gasteiger charge is 2.07. The first-order valence-electron chi connectivity index (χ1n) is 3.72. The minimum Gasteiger partial charge on any atom is -0.354 e. The summed E-state index contributed by atoms with van der Waals surface area (Å²) in [6.07, 6.45) is 0. The summed E-state index contributed by atoms with van der Waals surface area (Å²) >= 11 is 1.66. The fourth-order valence-corrected chi connectivity index (χ4v) is 1.80. The molecule has 1 aromatic rings. The largest absolute Gasteiger partial charge is 0.354 e. The van der Waals surface area contributed by atoms with Gasteiger partial charge in [0, 0.05) is 25.5 Å². The third-order valence-corrected chi connectivity index (χ3v) is 2.85. The summed E-state index contributed by atoms with van der Waals surface area (Å²) in [5.41, 5.74) is 3.69. The molecule has 0 aliphatic carbocycles. The molecule has 0 aliphatic rings. The quantitative estimate of drug-likeness (QED) is 0.532. The van der Waals surface area contributed by atoms with E-state index in [0.29, 0.717) is 6.54 Å². The third kappa shape index (κ3) is 1.94. The minimum atomic E-state index is 0.692. The number of aryl methyl sites for hydroxylation is 1. The number of nitrogens with two attached hydrogens (primary N) is 1. The smallest absolute Gasteiger partial charge is 0.185 e. The van der Waals surface area contributed by atoms with E-state index in [2.05, 4.69) is 10.4 Å². The monoisotopic (exact) mass is 186 g/mol. The van der Waals surface area contributed by atoms with Gasteiger partial charge in [-0.05, 0) is 6.92 Å². The van der Waals surface area contributed by atoms with E-state index < -0.39 is 0 Å². The number of thiazole rings is 1. The number of hydrogen-bond donors (Lipinski definition) is 2. The molecule has 0 spiro atoms. The Morgan fingerprint density at radius 3 is 2.67 bits per heavy atom. The second-order valence-electron chi connectivity index (χ2n) is 2.78. The van der Waals surface area contributed by atoms with E-state index in [9.17, 15) is 0 Å². The number of nitrogens with one attached hydrogen (secondary N) is 1. The molecule has 0 radical (unpaired) electrons. The Morgan fingerprint density at radius 2 is 2.25 bits per heavy atom. The van der Waals surface area contributed by atoms with Crippen LogP contribution in [-0.2, 0) is 6.54 Å². The summed E-state index contributed by atoms with van der Waals surface area (Å²) in [5.74, 6) is 5.23. The fraction of sp³-hybridized carbons (Fsp3) is 0.571. The Labute approximate surface area is 76.4 Å². The van der Waals surface area contributed by atoms with Gasteiger partial charge in [-0.1, -0.05) is 0 Å². The second kappa shape index (κ2) is 3.84. The Balaban J connectivity index is 2.85. The van der Waals surface area contributed by atoms with Crippen molar-refractivity contribution in [2.24, 2.45) is 5.84 Å². The number of rotatable bonds is 3. The zero-order chi connectivity index (χ0) is 9.14. The Morgan fingerprint density at radius 1 is 1.58 bits per heavy atom. The van der Waals surface area contributed by atoms with E-state index in [0.717, 1.165) is 10.8 Å². The Hall–Kier alpha value is -0.650. The minimum absolute atomic E-state index is 0.692. The van der Waals surface area contributed by atoms with E-state index in [-0.39, 0.29) is 0 Å². The average Bonchev–Trinajstić information content (AvgIpc) is 2.34. The van der Waals surface area contributed by atoms with Crippen molar-refractivity contribution >= 4 is 16.5 Å². The summed E-state index contributed by atoms with van der Waals surface area (Å²) in [6.45, 7) is 2.69. The zero-order valence-corrected chi connectivity index (χ0v) is 8.40. The van der Waals surface area contributed by atoms with E-state index >= 15 is 0 Å². The normalized spacial score (nSPS) is 10.3. The average molecular weight is 186 g/mol. The van der Waals surface area contributed by atoms with Gasteiger partial charge in [0.25, 0.3) is 0 Å². The molecule has 1 rings (SSSR count). The van der Waals surface area contributed by atoms with Crippen LogP contribution in [0, 0.1) is 6.92 Å². The number of aromatic nitrogens is 1. The highest BCUT2D eigenvalue weighted by Crippen LogP contribution is 2.23. The predicted molar refractivity (Wildman–Crippen MR) is 52.2 cm³/mol. The lowest BCUT2D eigenvalue weighted by Crippen LogP contribution is -2.20. The molecule has 3 N–H and O–H groups in total. The van der Waals surface area contributed by atoms with E-state index in [1.165, 1.54) is 4.88 Å². The maximum absolute atomic E-state index is 5.23. The number of nitrogens with zero attached hydrogens (tertiary/aromatic N) is 2. The molecule has 4 nitrogen and oxygen atoms in total. The maximum Gasteiger partial charge on any atom is 0.185 e. The van der Waals surface area contributed by atoms with Gasteiger partial charge in [0.1, 0.15) is 0 Å². The van der Waals surface area contributed by atoms with Crippen LogP contribution in [0.5, 0.6) is 0 Å². The lowest BCUT2D eigenvalue weighted by atomic mass is 10.4. The lowest BCUT2D eigenvalue weighted by Gasteiger charge is -2.05. The van der Waals surface area contributed by atoms with Crippen molar-refractivity contribution < 1.29 is 0 Å². The van der Waals surface area contributed by atoms with Crippen molar-refractivity contribution in [2.45, 2.75) is 13.5 Å². The molecule has 0 saturated carbocycles. The standard InChI is InChI=1S/C7H14N4S/c1-5-6(4-9-8)12-7(10-5)11(2)3/h9H,4,8H2,1-3H3. The molecule has 0 atom stereocenters. The zero-order valence-electron chi connectivity index (χ0n) is 7.59. The SMILES string of the molecule is Cc1nc(N(C)C)sc1CNN. The molecule has 0 aliphatic heterocycles. The van der Waals surface area contributed by atoms with Gasteiger partial charge >= 0.3 is 0 Å². The first-order chi connectivity index (χ1) is 5.65. The van der Waals surface area contributed by atoms with Gasteiger partial charge in [0.15, 0.2) is 5.13 Å². The molecule has 0 aromatic carbocycles. The fourth-order valence-electron chi connectivity index (χ4n) is 0.861. The van der Waals surface area contributed by atoms with Crippen LogP contribution in [0.1, 0.15) is 10.6 Å². The van der Waals surface area contributed by atoms with Crippen LogP contribution in [0.4, 0.5) is 5.13 Å². The van der Waals surface area contributed by atoms with Gasteiger partial charge in [-0.3, -0.25) is 11.3 Å². The number of anilines is 1. The number of hydrazine groups is 1. The van der Waals surface area contributed by atoms with Gasteiger partial charge in [0.2, 0.25) is 0 Å². The van der Waals surface area contributed by atoms with Crippen LogP contribution in [0.15, 0.2) is 0 Å². The molecule has 0 fully saturated rings. The molecule has 5 heteroatoms. The summed E-state index contributed by atoms with van der Waals surface area (Å²) in [6, 6.07) is 0. The Bertz CT molecular complexity index is 256. The molecule has 0 saturated heterocycles. The van der Waals surface area contributed by atoms with Crippen molar-refractivity contribution in [1.82, 2.24) is 10.4 Å². The van der Waals surface area contributed by atoms with Crippen LogP contribution in [-0.4, -0.2) is 19.1 Å². The van der Waals surface area contributed by atoms with Gasteiger partial charge in [-0.15, -0.1) is 11.3 Å². The molecular formula is C7H14N4S. The molecule has 1 aromatic heterocycles. The molecule has 68 valence electrons. The second-order valence-corrected chi connectivity index (χ2v) is 3.84. The van der Waals surface area contributed by atoms with E-state index in [1.54, 1.807) is 11.3 Å². The molecule has 0 bridgehead atoms. The lowest BCUT2D eigenvalue weighted by molar-refractivity contribution is 0.746. The van der Waals surface area contributed by atoms with Crippen LogP contribution in [0.2, 0.25) is 0 Å². The summed E-state index contributed by atoms with van der Waals surface area (Å²) in [4.78, 5) is 7.57. The molecular weight excluding hydrogens is 172 g/mol. The van der Waals surface area contributed by atoms with Crippen LogP contribution in [0.25, 0.3) is 0 Å². The van der Waals surface area contributed by atoms with Gasteiger partial charge in [0.05, 0.1) is 5.69 Å². The topological polar surface area (TPSA) is 54.2 Å².